The van der Waals surface area contributed by atoms with Gasteiger partial charge < -0.3 is 4.74 Å². The van der Waals surface area contributed by atoms with Gasteiger partial charge in [-0.15, -0.1) is 10.2 Å². The summed E-state index contributed by atoms with van der Waals surface area (Å²) >= 11 is 11.8. The van der Waals surface area contributed by atoms with Gasteiger partial charge in [0.05, 0.1) is 20.8 Å². The fourth-order valence-electron chi connectivity index (χ4n) is 2.05. The Morgan fingerprint density at radius 2 is 1.92 bits per heavy atom. The second-order valence-electron chi connectivity index (χ2n) is 6.54. The first-order valence-corrected chi connectivity index (χ1v) is 9.87. The number of aromatic nitrogens is 2. The maximum absolute atomic E-state index is 15.1. The van der Waals surface area contributed by atoms with Crippen molar-refractivity contribution in [2.24, 2.45) is 0 Å². The van der Waals surface area contributed by atoms with Crippen molar-refractivity contribution in [3.63, 3.8) is 0 Å². The van der Waals surface area contributed by atoms with Crippen molar-refractivity contribution in [2.75, 3.05) is 0 Å². The Bertz CT molecular complexity index is 798. The van der Waals surface area contributed by atoms with Gasteiger partial charge in [0.25, 0.3) is 0 Å². The summed E-state index contributed by atoms with van der Waals surface area (Å²) < 4.78 is 35.4. The van der Waals surface area contributed by atoms with Gasteiger partial charge in [-0.1, -0.05) is 36.2 Å². The highest BCUT2D eigenvalue weighted by molar-refractivity contribution is 7.84. The molecule has 1 aromatic carbocycles. The van der Waals surface area contributed by atoms with Crippen LogP contribution in [0, 0.1) is 5.82 Å². The molecule has 0 aliphatic rings. The molecule has 142 valence electrons. The van der Waals surface area contributed by atoms with Crippen molar-refractivity contribution in [1.29, 1.82) is 0 Å². The van der Waals surface area contributed by atoms with Crippen LogP contribution in [0.5, 0.6) is 11.6 Å². The summed E-state index contributed by atoms with van der Waals surface area (Å²) in [7, 11) is -1.36. The van der Waals surface area contributed by atoms with Gasteiger partial charge in [-0.05, 0) is 39.3 Å². The van der Waals surface area contributed by atoms with E-state index in [1.54, 1.807) is 6.07 Å². The lowest BCUT2D eigenvalue weighted by Crippen LogP contribution is -2.35. The number of ether oxygens (including phenoxy) is 1. The molecule has 0 unspecified atom stereocenters. The average molecular weight is 420 g/mol. The Hall–Kier alpha value is -1.28. The van der Waals surface area contributed by atoms with E-state index in [1.807, 2.05) is 27.7 Å². The molecule has 2 rings (SSSR count). The van der Waals surface area contributed by atoms with Gasteiger partial charge in [-0.25, -0.2) is 13.3 Å². The van der Waals surface area contributed by atoms with Crippen LogP contribution in [0.4, 0.5) is 4.39 Å². The molecule has 1 N–H and O–H groups in total. The predicted octanol–water partition coefficient (Wildman–Crippen LogP) is 5.22. The molecule has 5 nitrogen and oxygen atoms in total. The highest BCUT2D eigenvalue weighted by Gasteiger charge is 2.26. The van der Waals surface area contributed by atoms with Gasteiger partial charge in [-0.3, -0.25) is 0 Å². The molecule has 26 heavy (non-hydrogen) atoms. The first kappa shape index (κ1) is 21.0. The molecule has 0 spiro atoms. The van der Waals surface area contributed by atoms with E-state index >= 15 is 4.39 Å². The van der Waals surface area contributed by atoms with Gasteiger partial charge in [0, 0.05) is 17.7 Å². The fraction of sp³-hybridized carbons (Fsp3) is 0.412. The molecule has 0 saturated heterocycles. The van der Waals surface area contributed by atoms with Crippen molar-refractivity contribution < 1.29 is 13.3 Å². The van der Waals surface area contributed by atoms with Gasteiger partial charge >= 0.3 is 0 Å². The third-order valence-corrected chi connectivity index (χ3v) is 5.59. The zero-order valence-corrected chi connectivity index (χ0v) is 17.2. The van der Waals surface area contributed by atoms with E-state index in [9.17, 15) is 4.21 Å². The van der Waals surface area contributed by atoms with E-state index < -0.39 is 27.6 Å². The van der Waals surface area contributed by atoms with Crippen LogP contribution in [-0.4, -0.2) is 19.2 Å². The highest BCUT2D eigenvalue weighted by Crippen LogP contribution is 2.36. The van der Waals surface area contributed by atoms with Crippen LogP contribution in [0.1, 0.15) is 45.7 Å². The van der Waals surface area contributed by atoms with Crippen molar-refractivity contribution in [3.8, 4) is 11.6 Å². The lowest BCUT2D eigenvalue weighted by Gasteiger charge is -2.24. The number of halogens is 3. The molecule has 0 saturated carbocycles. The molecule has 0 bridgehead atoms. The SMILES string of the molecule is CC[C@@H](N[S@](=O)C(C)(C)C)c1ccc(Cl)c(Oc2ccc(Cl)nn2)c1F. The standard InChI is InChI=1S/C17H20Cl2FN3O2S/c1-5-12(23-26(24)17(2,3)4)10-6-7-11(18)16(15(10)20)25-14-9-8-13(19)21-22-14/h6-9,12,23H,5H2,1-4H3/t12-,26-/m1/s1. The number of benzene rings is 1. The van der Waals surface area contributed by atoms with E-state index in [0.717, 1.165) is 0 Å². The van der Waals surface area contributed by atoms with Gasteiger partial charge in [0.15, 0.2) is 16.7 Å². The lowest BCUT2D eigenvalue weighted by atomic mass is 10.0. The molecule has 0 fully saturated rings. The minimum Gasteiger partial charge on any atom is -0.433 e. The lowest BCUT2D eigenvalue weighted by molar-refractivity contribution is 0.414. The number of hydrogen-bond donors (Lipinski definition) is 1. The van der Waals surface area contributed by atoms with Crippen LogP contribution < -0.4 is 9.46 Å². The molecule has 2 atom stereocenters. The van der Waals surface area contributed by atoms with Crippen molar-refractivity contribution in [3.05, 3.63) is 45.8 Å². The Morgan fingerprint density at radius 3 is 2.46 bits per heavy atom. The summed E-state index contributed by atoms with van der Waals surface area (Å²) in [5, 5.41) is 7.67. The van der Waals surface area contributed by atoms with Crippen LogP contribution in [0.25, 0.3) is 0 Å². The van der Waals surface area contributed by atoms with Crippen LogP contribution in [0.15, 0.2) is 24.3 Å². The van der Waals surface area contributed by atoms with Crippen LogP contribution in [0.3, 0.4) is 0 Å². The quantitative estimate of drug-likeness (QED) is 0.696. The highest BCUT2D eigenvalue weighted by atomic mass is 35.5. The monoisotopic (exact) mass is 419 g/mol. The molecule has 9 heteroatoms. The Labute approximate surface area is 164 Å². The van der Waals surface area contributed by atoms with Crippen LogP contribution in [-0.2, 0) is 11.0 Å². The number of hydrogen-bond acceptors (Lipinski definition) is 4. The zero-order valence-electron chi connectivity index (χ0n) is 14.8. The van der Waals surface area contributed by atoms with Crippen LogP contribution in [0.2, 0.25) is 10.2 Å². The Morgan fingerprint density at radius 1 is 1.23 bits per heavy atom. The zero-order chi connectivity index (χ0) is 19.5. The number of nitrogens with zero attached hydrogens (tertiary/aromatic N) is 2. The summed E-state index contributed by atoms with van der Waals surface area (Å²) in [5.41, 5.74) is 0.312. The third kappa shape index (κ3) is 5.13. The normalized spacial score (nSPS) is 14.1. The summed E-state index contributed by atoms with van der Waals surface area (Å²) in [4.78, 5) is 0. The minimum absolute atomic E-state index is 0.0617. The second-order valence-corrected chi connectivity index (χ2v) is 9.33. The van der Waals surface area contributed by atoms with Crippen molar-refractivity contribution in [1.82, 2.24) is 14.9 Å². The molecule has 1 aromatic heterocycles. The van der Waals surface area contributed by atoms with E-state index in [-0.39, 0.29) is 21.8 Å². The molecular weight excluding hydrogens is 400 g/mol. The van der Waals surface area contributed by atoms with Gasteiger partial charge in [0.2, 0.25) is 5.88 Å². The Kier molecular flexibility index (Phi) is 6.96. The van der Waals surface area contributed by atoms with Gasteiger partial charge in [-0.2, -0.15) is 0 Å². The molecule has 1 heterocycles. The van der Waals surface area contributed by atoms with E-state index in [4.69, 9.17) is 27.9 Å². The number of rotatable bonds is 6. The number of nitrogens with one attached hydrogen (secondary N) is 1. The average Bonchev–Trinajstić information content (AvgIpc) is 2.57. The molecule has 0 aliphatic carbocycles. The Balaban J connectivity index is 2.35. The smallest absolute Gasteiger partial charge is 0.239 e. The topological polar surface area (TPSA) is 64.1 Å². The van der Waals surface area contributed by atoms with Gasteiger partial charge in [0.1, 0.15) is 0 Å². The molecule has 0 amide bonds. The van der Waals surface area contributed by atoms with Crippen molar-refractivity contribution >= 4 is 34.2 Å². The minimum atomic E-state index is -1.36. The predicted molar refractivity (Wildman–Crippen MR) is 103 cm³/mol. The van der Waals surface area contributed by atoms with E-state index in [2.05, 4.69) is 14.9 Å². The van der Waals surface area contributed by atoms with E-state index in [1.165, 1.54) is 18.2 Å². The molecular formula is C17H20Cl2FN3O2S. The fourth-order valence-corrected chi connectivity index (χ4v) is 3.24. The molecule has 2 aromatic rings. The first-order chi connectivity index (χ1) is 12.1. The van der Waals surface area contributed by atoms with E-state index in [0.29, 0.717) is 12.0 Å². The maximum Gasteiger partial charge on any atom is 0.239 e. The second kappa shape index (κ2) is 8.61. The summed E-state index contributed by atoms with van der Waals surface area (Å²) in [6.45, 7) is 7.40. The molecule has 0 radical (unpaired) electrons. The largest absolute Gasteiger partial charge is 0.433 e. The van der Waals surface area contributed by atoms with Crippen molar-refractivity contribution in [2.45, 2.75) is 44.9 Å². The summed E-state index contributed by atoms with van der Waals surface area (Å²) in [5.74, 6) is -0.742. The summed E-state index contributed by atoms with van der Waals surface area (Å²) in [6, 6.07) is 5.55. The molecule has 0 aliphatic heterocycles. The third-order valence-electron chi connectivity index (χ3n) is 3.48. The maximum atomic E-state index is 15.1. The van der Waals surface area contributed by atoms with Crippen LogP contribution >= 0.6 is 23.2 Å². The summed E-state index contributed by atoms with van der Waals surface area (Å²) in [6.07, 6.45) is 0.528. The first-order valence-electron chi connectivity index (χ1n) is 7.96.